The van der Waals surface area contributed by atoms with E-state index >= 15 is 0 Å². The number of rotatable bonds is 4. The quantitative estimate of drug-likeness (QED) is 0.793. The van der Waals surface area contributed by atoms with Gasteiger partial charge >= 0.3 is 0 Å². The molecule has 0 bridgehead atoms. The summed E-state index contributed by atoms with van der Waals surface area (Å²) in [7, 11) is -3.72. The molecule has 1 aliphatic heterocycles. The Hall–Kier alpha value is -1.18. The lowest BCUT2D eigenvalue weighted by molar-refractivity contribution is 0.186. The van der Waals surface area contributed by atoms with Crippen LogP contribution in [-0.2, 0) is 14.8 Å². The third-order valence-corrected chi connectivity index (χ3v) is 4.19. The molecule has 1 aromatic carbocycles. The van der Waals surface area contributed by atoms with Gasteiger partial charge in [0.05, 0.1) is 11.5 Å². The first-order chi connectivity index (χ1) is 8.47. The summed E-state index contributed by atoms with van der Waals surface area (Å²) in [5.74, 6) is -0.495. The molecule has 1 aliphatic rings. The lowest BCUT2D eigenvalue weighted by atomic mass is 10.1. The Kier molecular flexibility index (Phi) is 3.84. The summed E-state index contributed by atoms with van der Waals surface area (Å²) in [5, 5.41) is 0. The van der Waals surface area contributed by atoms with Crippen LogP contribution in [0.5, 0.6) is 0 Å². The minimum absolute atomic E-state index is 0.0829. The molecule has 1 atom stereocenters. The van der Waals surface area contributed by atoms with Crippen LogP contribution in [0.2, 0.25) is 0 Å². The molecular weight excluding hydrogens is 259 g/mol. The molecule has 1 saturated heterocycles. The molecule has 0 saturated carbocycles. The van der Waals surface area contributed by atoms with Crippen LogP contribution in [0.3, 0.4) is 0 Å². The van der Waals surface area contributed by atoms with Gasteiger partial charge in [-0.3, -0.25) is 0 Å². The first-order valence-electron chi connectivity index (χ1n) is 5.61. The van der Waals surface area contributed by atoms with Crippen LogP contribution in [0.4, 0.5) is 10.1 Å². The predicted molar refractivity (Wildman–Crippen MR) is 64.9 cm³/mol. The van der Waals surface area contributed by atoms with Gasteiger partial charge in [-0.2, -0.15) is 0 Å². The first-order valence-corrected chi connectivity index (χ1v) is 7.09. The van der Waals surface area contributed by atoms with Crippen LogP contribution in [0.25, 0.3) is 0 Å². The maximum absolute atomic E-state index is 13.1. The van der Waals surface area contributed by atoms with E-state index in [0.717, 1.165) is 18.6 Å². The summed E-state index contributed by atoms with van der Waals surface area (Å²) in [6.45, 7) is 1.49. The van der Waals surface area contributed by atoms with Crippen LogP contribution in [0, 0.1) is 11.7 Å². The Bertz CT molecular complexity index is 507. The minimum atomic E-state index is -3.72. The van der Waals surface area contributed by atoms with E-state index < -0.39 is 15.8 Å². The SMILES string of the molecule is Nc1cc(F)cc(S(=O)(=O)NCC2CCOC2)c1. The van der Waals surface area contributed by atoms with Crippen LogP contribution < -0.4 is 10.5 Å². The first kappa shape index (κ1) is 13.3. The third-order valence-electron chi connectivity index (χ3n) is 2.79. The number of hydrogen-bond donors (Lipinski definition) is 2. The Morgan fingerprint density at radius 3 is 2.83 bits per heavy atom. The number of nitrogen functional groups attached to an aromatic ring is 1. The van der Waals surface area contributed by atoms with Crippen molar-refractivity contribution >= 4 is 15.7 Å². The topological polar surface area (TPSA) is 81.4 Å². The Morgan fingerprint density at radius 1 is 1.44 bits per heavy atom. The van der Waals surface area contributed by atoms with E-state index in [4.69, 9.17) is 10.5 Å². The smallest absolute Gasteiger partial charge is 0.240 e. The summed E-state index contributed by atoms with van der Waals surface area (Å²) < 4.78 is 44.5. The summed E-state index contributed by atoms with van der Waals surface area (Å²) in [6, 6.07) is 3.25. The molecule has 1 unspecified atom stereocenters. The fourth-order valence-corrected chi connectivity index (χ4v) is 2.98. The van der Waals surface area contributed by atoms with Crippen molar-refractivity contribution in [2.45, 2.75) is 11.3 Å². The van der Waals surface area contributed by atoms with Gasteiger partial charge in [-0.15, -0.1) is 0 Å². The summed E-state index contributed by atoms with van der Waals surface area (Å²) in [6.07, 6.45) is 0.827. The zero-order chi connectivity index (χ0) is 13.2. The number of anilines is 1. The normalized spacial score (nSPS) is 20.2. The molecule has 2 rings (SSSR count). The van der Waals surface area contributed by atoms with Gasteiger partial charge in [0.25, 0.3) is 0 Å². The second kappa shape index (κ2) is 5.21. The van der Waals surface area contributed by atoms with E-state index in [9.17, 15) is 12.8 Å². The average molecular weight is 274 g/mol. The van der Waals surface area contributed by atoms with E-state index in [1.165, 1.54) is 6.07 Å². The molecule has 0 amide bonds. The van der Waals surface area contributed by atoms with Crippen molar-refractivity contribution in [1.29, 1.82) is 0 Å². The van der Waals surface area contributed by atoms with Crippen LogP contribution in [0.1, 0.15) is 6.42 Å². The highest BCUT2D eigenvalue weighted by molar-refractivity contribution is 7.89. The van der Waals surface area contributed by atoms with E-state index in [1.807, 2.05) is 0 Å². The second-order valence-corrected chi connectivity index (χ2v) is 6.07. The van der Waals surface area contributed by atoms with Crippen molar-refractivity contribution in [3.05, 3.63) is 24.0 Å². The molecule has 18 heavy (non-hydrogen) atoms. The highest BCUT2D eigenvalue weighted by Gasteiger charge is 2.20. The van der Waals surface area contributed by atoms with Gasteiger partial charge in [-0.25, -0.2) is 17.5 Å². The number of halogens is 1. The standard InChI is InChI=1S/C11H15FN2O3S/c12-9-3-10(13)5-11(4-9)18(15,16)14-6-8-1-2-17-7-8/h3-5,8,14H,1-2,6-7,13H2. The van der Waals surface area contributed by atoms with Crippen molar-refractivity contribution in [2.24, 2.45) is 5.92 Å². The Labute approximate surface area is 105 Å². The maximum atomic E-state index is 13.1. The van der Waals surface area contributed by atoms with Crippen LogP contribution >= 0.6 is 0 Å². The van der Waals surface area contributed by atoms with Gasteiger partial charge in [0.15, 0.2) is 0 Å². The van der Waals surface area contributed by atoms with Crippen molar-refractivity contribution in [3.63, 3.8) is 0 Å². The fourth-order valence-electron chi connectivity index (χ4n) is 1.79. The average Bonchev–Trinajstić information content (AvgIpc) is 2.78. The summed E-state index contributed by atoms with van der Waals surface area (Å²) >= 11 is 0. The van der Waals surface area contributed by atoms with Crippen LogP contribution in [0.15, 0.2) is 23.1 Å². The fraction of sp³-hybridized carbons (Fsp3) is 0.455. The zero-order valence-electron chi connectivity index (χ0n) is 9.73. The highest BCUT2D eigenvalue weighted by atomic mass is 32.2. The summed E-state index contributed by atoms with van der Waals surface area (Å²) in [4.78, 5) is -0.154. The van der Waals surface area contributed by atoms with Gasteiger partial charge in [0.1, 0.15) is 5.82 Å². The molecular formula is C11H15FN2O3S. The van der Waals surface area contributed by atoms with Crippen molar-refractivity contribution in [1.82, 2.24) is 4.72 Å². The van der Waals surface area contributed by atoms with Gasteiger partial charge in [-0.1, -0.05) is 0 Å². The lowest BCUT2D eigenvalue weighted by Crippen LogP contribution is -2.29. The molecule has 100 valence electrons. The molecule has 7 heteroatoms. The summed E-state index contributed by atoms with van der Waals surface area (Å²) in [5.41, 5.74) is 5.51. The van der Waals surface area contributed by atoms with Gasteiger partial charge in [0, 0.05) is 18.8 Å². The molecule has 1 aromatic rings. The number of benzene rings is 1. The van der Waals surface area contributed by atoms with Gasteiger partial charge in [-0.05, 0) is 30.5 Å². The molecule has 5 nitrogen and oxygen atoms in total. The van der Waals surface area contributed by atoms with E-state index in [0.29, 0.717) is 19.8 Å². The molecule has 1 heterocycles. The zero-order valence-corrected chi connectivity index (χ0v) is 10.5. The van der Waals surface area contributed by atoms with Gasteiger partial charge < -0.3 is 10.5 Å². The monoisotopic (exact) mass is 274 g/mol. The molecule has 0 aromatic heterocycles. The molecule has 0 aliphatic carbocycles. The van der Waals surface area contributed by atoms with Crippen molar-refractivity contribution < 1.29 is 17.5 Å². The molecule has 0 radical (unpaired) electrons. The maximum Gasteiger partial charge on any atom is 0.240 e. The van der Waals surface area contributed by atoms with E-state index in [1.54, 1.807) is 0 Å². The Morgan fingerprint density at radius 2 is 2.22 bits per heavy atom. The highest BCUT2D eigenvalue weighted by Crippen LogP contribution is 2.17. The van der Waals surface area contributed by atoms with Crippen LogP contribution in [-0.4, -0.2) is 28.2 Å². The number of nitrogens with two attached hydrogens (primary N) is 1. The predicted octanol–water partition coefficient (Wildman–Crippen LogP) is 0.723. The second-order valence-electron chi connectivity index (χ2n) is 4.30. The van der Waals surface area contributed by atoms with E-state index in [-0.39, 0.29) is 16.5 Å². The van der Waals surface area contributed by atoms with E-state index in [2.05, 4.69) is 4.72 Å². The van der Waals surface area contributed by atoms with Crippen molar-refractivity contribution in [2.75, 3.05) is 25.5 Å². The molecule has 1 fully saturated rings. The number of hydrogen-bond acceptors (Lipinski definition) is 4. The number of ether oxygens (including phenoxy) is 1. The molecule has 0 spiro atoms. The molecule has 3 N–H and O–H groups in total. The largest absolute Gasteiger partial charge is 0.399 e. The van der Waals surface area contributed by atoms with Gasteiger partial charge in [0.2, 0.25) is 10.0 Å². The number of sulfonamides is 1. The lowest BCUT2D eigenvalue weighted by Gasteiger charge is -2.10. The van der Waals surface area contributed by atoms with Crippen molar-refractivity contribution in [3.8, 4) is 0 Å². The Balaban J connectivity index is 2.09. The minimum Gasteiger partial charge on any atom is -0.399 e. The number of nitrogens with one attached hydrogen (secondary N) is 1. The third kappa shape index (κ3) is 3.18.